The van der Waals surface area contributed by atoms with Gasteiger partial charge >= 0.3 is 0 Å². The average molecular weight is 301 g/mol. The molecule has 0 aliphatic heterocycles. The van der Waals surface area contributed by atoms with E-state index in [1.807, 2.05) is 0 Å². The van der Waals surface area contributed by atoms with E-state index < -0.39 is 0 Å². The largest absolute Gasteiger partial charge is 0.348 e. The first-order chi connectivity index (χ1) is 10.7. The molecule has 2 N–H and O–H groups in total. The number of rotatable bonds is 5. The van der Waals surface area contributed by atoms with Crippen molar-refractivity contribution in [2.24, 2.45) is 0 Å². The van der Waals surface area contributed by atoms with Gasteiger partial charge in [0.25, 0.3) is 11.8 Å². The van der Waals surface area contributed by atoms with Crippen LogP contribution in [0.4, 0.5) is 0 Å². The monoisotopic (exact) mass is 301 g/mol. The van der Waals surface area contributed by atoms with Crippen molar-refractivity contribution in [3.8, 4) is 0 Å². The summed E-state index contributed by atoms with van der Waals surface area (Å²) in [5, 5.41) is 5.69. The van der Waals surface area contributed by atoms with Gasteiger partial charge in [-0.2, -0.15) is 0 Å². The Morgan fingerprint density at radius 3 is 2.41 bits per heavy atom. The maximum Gasteiger partial charge on any atom is 0.270 e. The number of pyridine rings is 1. The van der Waals surface area contributed by atoms with Gasteiger partial charge in [-0.3, -0.25) is 9.59 Å². The summed E-state index contributed by atoms with van der Waals surface area (Å²) in [6.45, 7) is 3.92. The van der Waals surface area contributed by atoms with Gasteiger partial charge in [0.05, 0.1) is 0 Å². The van der Waals surface area contributed by atoms with Crippen LogP contribution in [-0.4, -0.2) is 29.4 Å². The zero-order chi connectivity index (χ0) is 15.8. The Morgan fingerprint density at radius 2 is 1.77 bits per heavy atom. The Kier molecular flexibility index (Phi) is 6.13. The lowest BCUT2D eigenvalue weighted by molar-refractivity contribution is 0.0927. The van der Waals surface area contributed by atoms with E-state index in [-0.39, 0.29) is 29.2 Å². The van der Waals surface area contributed by atoms with Crippen molar-refractivity contribution < 1.29 is 9.59 Å². The number of carbonyl (C=O) groups is 2. The average Bonchev–Trinajstić information content (AvgIpc) is 2.81. The maximum atomic E-state index is 12.3. The number of aromatic nitrogens is 1. The fourth-order valence-corrected chi connectivity index (χ4v) is 2.63. The Bertz CT molecular complexity index is 534. The number of nitrogens with zero attached hydrogens (tertiary/aromatic N) is 1. The van der Waals surface area contributed by atoms with E-state index in [2.05, 4.69) is 22.2 Å². The van der Waals surface area contributed by atoms with Crippen molar-refractivity contribution in [1.82, 2.24) is 15.6 Å². The highest BCUT2D eigenvalue weighted by Gasteiger charge is 2.17. The first kappa shape index (κ1) is 16.2. The van der Waals surface area contributed by atoms with Gasteiger partial charge in [-0.05, 0) is 25.0 Å². The second kappa shape index (κ2) is 8.32. The standard InChI is InChI=1S/C17H23N3O2/c1-2-12-18-16(21)14-10-7-11-15(20-14)17(22)19-13-8-5-3-4-6-9-13/h2,7,10-11,13H,1,3-6,8-9,12H2,(H,18,21)(H,19,22). The quantitative estimate of drug-likeness (QED) is 0.648. The normalized spacial score (nSPS) is 15.6. The molecule has 0 bridgehead atoms. The molecule has 0 atom stereocenters. The fraction of sp³-hybridized carbons (Fsp3) is 0.471. The molecular weight excluding hydrogens is 278 g/mol. The van der Waals surface area contributed by atoms with Crippen LogP contribution in [0.5, 0.6) is 0 Å². The minimum Gasteiger partial charge on any atom is -0.348 e. The van der Waals surface area contributed by atoms with E-state index in [1.54, 1.807) is 24.3 Å². The summed E-state index contributed by atoms with van der Waals surface area (Å²) in [6, 6.07) is 5.13. The van der Waals surface area contributed by atoms with E-state index in [0.717, 1.165) is 25.7 Å². The summed E-state index contributed by atoms with van der Waals surface area (Å²) < 4.78 is 0. The van der Waals surface area contributed by atoms with Gasteiger partial charge in [-0.15, -0.1) is 6.58 Å². The molecule has 118 valence electrons. The van der Waals surface area contributed by atoms with Crippen molar-refractivity contribution in [3.05, 3.63) is 42.2 Å². The Hall–Kier alpha value is -2.17. The topological polar surface area (TPSA) is 71.1 Å². The molecular formula is C17H23N3O2. The van der Waals surface area contributed by atoms with Crippen molar-refractivity contribution in [3.63, 3.8) is 0 Å². The number of carbonyl (C=O) groups excluding carboxylic acids is 2. The number of hydrogen-bond donors (Lipinski definition) is 2. The Balaban J connectivity index is 2.00. The van der Waals surface area contributed by atoms with Crippen LogP contribution in [0, 0.1) is 0 Å². The first-order valence-electron chi connectivity index (χ1n) is 7.87. The van der Waals surface area contributed by atoms with E-state index in [4.69, 9.17) is 0 Å². The molecule has 1 heterocycles. The van der Waals surface area contributed by atoms with Crippen LogP contribution in [0.3, 0.4) is 0 Å². The highest BCUT2D eigenvalue weighted by molar-refractivity contribution is 5.96. The maximum absolute atomic E-state index is 12.3. The summed E-state index contributed by atoms with van der Waals surface area (Å²) in [5.74, 6) is -0.505. The molecule has 5 heteroatoms. The molecule has 1 fully saturated rings. The molecule has 1 aromatic rings. The third kappa shape index (κ3) is 4.69. The zero-order valence-electron chi connectivity index (χ0n) is 12.8. The third-order valence-electron chi connectivity index (χ3n) is 3.81. The molecule has 0 spiro atoms. The summed E-state index contributed by atoms with van der Waals surface area (Å²) >= 11 is 0. The lowest BCUT2D eigenvalue weighted by Crippen LogP contribution is -2.35. The van der Waals surface area contributed by atoms with Gasteiger partial charge in [-0.25, -0.2) is 4.98 Å². The highest BCUT2D eigenvalue weighted by atomic mass is 16.2. The molecule has 5 nitrogen and oxygen atoms in total. The smallest absolute Gasteiger partial charge is 0.270 e. The van der Waals surface area contributed by atoms with Crippen LogP contribution in [-0.2, 0) is 0 Å². The van der Waals surface area contributed by atoms with Gasteiger partial charge in [0.15, 0.2) is 0 Å². The van der Waals surface area contributed by atoms with Gasteiger partial charge in [0, 0.05) is 12.6 Å². The molecule has 1 saturated carbocycles. The van der Waals surface area contributed by atoms with Crippen LogP contribution >= 0.6 is 0 Å². The van der Waals surface area contributed by atoms with Gasteiger partial charge in [-0.1, -0.05) is 37.8 Å². The first-order valence-corrected chi connectivity index (χ1v) is 7.87. The van der Waals surface area contributed by atoms with Gasteiger partial charge in [0.2, 0.25) is 0 Å². The van der Waals surface area contributed by atoms with E-state index in [1.165, 1.54) is 12.8 Å². The molecule has 22 heavy (non-hydrogen) atoms. The predicted octanol–water partition coefficient (Wildman–Crippen LogP) is 2.45. The molecule has 1 aromatic heterocycles. The van der Waals surface area contributed by atoms with Crippen LogP contribution in [0.1, 0.15) is 59.5 Å². The van der Waals surface area contributed by atoms with E-state index in [9.17, 15) is 9.59 Å². The second-order valence-corrected chi connectivity index (χ2v) is 5.57. The summed E-state index contributed by atoms with van der Waals surface area (Å²) in [4.78, 5) is 28.3. The minimum atomic E-state index is -0.302. The highest BCUT2D eigenvalue weighted by Crippen LogP contribution is 2.17. The Morgan fingerprint density at radius 1 is 1.14 bits per heavy atom. The summed E-state index contributed by atoms with van der Waals surface area (Å²) in [7, 11) is 0. The molecule has 2 rings (SSSR count). The third-order valence-corrected chi connectivity index (χ3v) is 3.81. The van der Waals surface area contributed by atoms with E-state index in [0.29, 0.717) is 6.54 Å². The fourth-order valence-electron chi connectivity index (χ4n) is 2.63. The van der Waals surface area contributed by atoms with Crippen molar-refractivity contribution in [2.45, 2.75) is 44.6 Å². The number of amides is 2. The SMILES string of the molecule is C=CCNC(=O)c1cccc(C(=O)NC2CCCCCC2)n1. The van der Waals surface area contributed by atoms with Crippen molar-refractivity contribution in [1.29, 1.82) is 0 Å². The van der Waals surface area contributed by atoms with Gasteiger partial charge < -0.3 is 10.6 Å². The van der Waals surface area contributed by atoms with Crippen LogP contribution in [0.25, 0.3) is 0 Å². The second-order valence-electron chi connectivity index (χ2n) is 5.57. The molecule has 0 aromatic carbocycles. The van der Waals surface area contributed by atoms with Crippen molar-refractivity contribution >= 4 is 11.8 Å². The number of hydrogen-bond acceptors (Lipinski definition) is 3. The van der Waals surface area contributed by atoms with Gasteiger partial charge in [0.1, 0.15) is 11.4 Å². The van der Waals surface area contributed by atoms with Crippen LogP contribution < -0.4 is 10.6 Å². The lowest BCUT2D eigenvalue weighted by atomic mass is 10.1. The zero-order valence-corrected chi connectivity index (χ0v) is 12.8. The minimum absolute atomic E-state index is 0.203. The molecule has 0 saturated heterocycles. The summed E-state index contributed by atoms with van der Waals surface area (Å²) in [6.07, 6.45) is 8.43. The van der Waals surface area contributed by atoms with Crippen molar-refractivity contribution in [2.75, 3.05) is 6.54 Å². The number of nitrogens with one attached hydrogen (secondary N) is 2. The molecule has 1 aliphatic rings. The molecule has 0 unspecified atom stereocenters. The lowest BCUT2D eigenvalue weighted by Gasteiger charge is -2.16. The van der Waals surface area contributed by atoms with E-state index >= 15 is 0 Å². The van der Waals surface area contributed by atoms with Crippen LogP contribution in [0.15, 0.2) is 30.9 Å². The molecule has 2 amide bonds. The van der Waals surface area contributed by atoms with Crippen LogP contribution in [0.2, 0.25) is 0 Å². The molecule has 0 radical (unpaired) electrons. The molecule has 1 aliphatic carbocycles. The predicted molar refractivity (Wildman–Crippen MR) is 85.7 cm³/mol. The summed E-state index contributed by atoms with van der Waals surface area (Å²) in [5.41, 5.74) is 0.533. The Labute approximate surface area is 131 Å².